The number of nitrogens with zero attached hydrogens (tertiary/aromatic N) is 3. The normalized spacial score (nSPS) is 12.6. The third-order valence-corrected chi connectivity index (χ3v) is 3.88. The molecule has 1 atom stereocenters. The van der Waals surface area contributed by atoms with E-state index in [9.17, 15) is 0 Å². The van der Waals surface area contributed by atoms with E-state index in [1.54, 1.807) is 22.8 Å². The fraction of sp³-hybridized carbons (Fsp3) is 0.385. The molecule has 2 N–H and O–H groups in total. The third kappa shape index (κ3) is 3.34. The molecule has 1 aromatic heterocycles. The van der Waals surface area contributed by atoms with Crippen LogP contribution in [0.15, 0.2) is 40.6 Å². The van der Waals surface area contributed by atoms with Gasteiger partial charge in [-0.25, -0.2) is 9.67 Å². The van der Waals surface area contributed by atoms with Crippen molar-refractivity contribution in [3.63, 3.8) is 0 Å². The van der Waals surface area contributed by atoms with Crippen molar-refractivity contribution in [3.8, 4) is 0 Å². The van der Waals surface area contributed by atoms with Crippen molar-refractivity contribution < 1.29 is 0 Å². The zero-order chi connectivity index (χ0) is 13.0. The predicted molar refractivity (Wildman–Crippen MR) is 73.5 cm³/mol. The van der Waals surface area contributed by atoms with E-state index in [-0.39, 0.29) is 6.04 Å². The molecule has 5 heteroatoms. The van der Waals surface area contributed by atoms with Crippen molar-refractivity contribution in [1.82, 2.24) is 14.8 Å². The van der Waals surface area contributed by atoms with Crippen molar-refractivity contribution in [3.05, 3.63) is 36.2 Å². The molecule has 1 unspecified atom stereocenters. The van der Waals surface area contributed by atoms with E-state index in [4.69, 9.17) is 5.73 Å². The molecule has 0 radical (unpaired) electrons. The van der Waals surface area contributed by atoms with Crippen LogP contribution in [0.3, 0.4) is 0 Å². The first-order valence-electron chi connectivity index (χ1n) is 6.05. The van der Waals surface area contributed by atoms with Crippen LogP contribution in [-0.2, 0) is 13.5 Å². The maximum absolute atomic E-state index is 5.95. The molecule has 0 saturated carbocycles. The highest BCUT2D eigenvalue weighted by molar-refractivity contribution is 7.99. The van der Waals surface area contributed by atoms with Gasteiger partial charge in [0.25, 0.3) is 0 Å². The number of hydrogen-bond acceptors (Lipinski definition) is 4. The summed E-state index contributed by atoms with van der Waals surface area (Å²) in [7, 11) is 1.89. The van der Waals surface area contributed by atoms with Gasteiger partial charge in [0, 0.05) is 18.0 Å². The van der Waals surface area contributed by atoms with Gasteiger partial charge in [0.1, 0.15) is 6.33 Å². The van der Waals surface area contributed by atoms with Crippen molar-refractivity contribution in [2.75, 3.05) is 0 Å². The van der Waals surface area contributed by atoms with Crippen LogP contribution in [0.4, 0.5) is 0 Å². The van der Waals surface area contributed by atoms with Gasteiger partial charge in [0.05, 0.1) is 0 Å². The highest BCUT2D eigenvalue weighted by atomic mass is 32.2. The molecule has 1 heterocycles. The molecule has 0 amide bonds. The molecule has 0 bridgehead atoms. The number of nitrogens with two attached hydrogens (primary N) is 1. The monoisotopic (exact) mass is 262 g/mol. The minimum absolute atomic E-state index is 0.252. The summed E-state index contributed by atoms with van der Waals surface area (Å²) in [4.78, 5) is 5.36. The van der Waals surface area contributed by atoms with Crippen LogP contribution in [0.25, 0.3) is 0 Å². The Morgan fingerprint density at radius 1 is 1.33 bits per heavy atom. The maximum Gasteiger partial charge on any atom is 0.190 e. The Kier molecular flexibility index (Phi) is 4.38. The summed E-state index contributed by atoms with van der Waals surface area (Å²) < 4.78 is 1.77. The van der Waals surface area contributed by atoms with E-state index in [2.05, 4.69) is 41.3 Å². The Hall–Kier alpha value is -1.33. The third-order valence-electron chi connectivity index (χ3n) is 2.82. The lowest BCUT2D eigenvalue weighted by molar-refractivity contribution is 0.646. The van der Waals surface area contributed by atoms with Gasteiger partial charge < -0.3 is 5.73 Å². The van der Waals surface area contributed by atoms with Gasteiger partial charge in [-0.15, -0.1) is 0 Å². The molecule has 0 aliphatic rings. The Labute approximate surface area is 112 Å². The van der Waals surface area contributed by atoms with Crippen LogP contribution in [0.2, 0.25) is 0 Å². The topological polar surface area (TPSA) is 56.7 Å². The van der Waals surface area contributed by atoms with Gasteiger partial charge >= 0.3 is 0 Å². The second kappa shape index (κ2) is 6.02. The van der Waals surface area contributed by atoms with Crippen LogP contribution in [-0.4, -0.2) is 20.8 Å². The SMILES string of the molecule is CCC(N)Cc1ccc(Sc2ncnn2C)cc1. The van der Waals surface area contributed by atoms with E-state index in [1.807, 2.05) is 7.05 Å². The van der Waals surface area contributed by atoms with Crippen LogP contribution in [0, 0.1) is 0 Å². The highest BCUT2D eigenvalue weighted by Gasteiger charge is 2.05. The lowest BCUT2D eigenvalue weighted by Gasteiger charge is -2.08. The van der Waals surface area contributed by atoms with E-state index in [0.717, 1.165) is 18.0 Å². The second-order valence-corrected chi connectivity index (χ2v) is 5.33. The van der Waals surface area contributed by atoms with Crippen molar-refractivity contribution in [2.24, 2.45) is 12.8 Å². The summed E-state index contributed by atoms with van der Waals surface area (Å²) in [5, 5.41) is 4.95. The van der Waals surface area contributed by atoms with E-state index in [0.29, 0.717) is 0 Å². The quantitative estimate of drug-likeness (QED) is 0.898. The van der Waals surface area contributed by atoms with E-state index in [1.165, 1.54) is 10.5 Å². The van der Waals surface area contributed by atoms with Crippen molar-refractivity contribution in [2.45, 2.75) is 35.9 Å². The molecule has 0 spiro atoms. The molecule has 2 rings (SSSR count). The molecule has 0 aliphatic heterocycles. The average molecular weight is 262 g/mol. The van der Waals surface area contributed by atoms with Gasteiger partial charge in [-0.2, -0.15) is 5.10 Å². The van der Waals surface area contributed by atoms with Crippen molar-refractivity contribution in [1.29, 1.82) is 0 Å². The molecule has 18 heavy (non-hydrogen) atoms. The van der Waals surface area contributed by atoms with E-state index < -0.39 is 0 Å². The van der Waals surface area contributed by atoms with Gasteiger partial charge in [0.15, 0.2) is 5.16 Å². The number of hydrogen-bond donors (Lipinski definition) is 1. The zero-order valence-corrected chi connectivity index (χ0v) is 11.5. The zero-order valence-electron chi connectivity index (χ0n) is 10.7. The average Bonchev–Trinajstić information content (AvgIpc) is 2.77. The Morgan fingerprint density at radius 2 is 2.06 bits per heavy atom. The Balaban J connectivity index is 2.02. The Morgan fingerprint density at radius 3 is 2.61 bits per heavy atom. The largest absolute Gasteiger partial charge is 0.327 e. The maximum atomic E-state index is 5.95. The molecule has 0 fully saturated rings. The van der Waals surface area contributed by atoms with Gasteiger partial charge in [-0.05, 0) is 30.5 Å². The first-order chi connectivity index (χ1) is 8.69. The minimum Gasteiger partial charge on any atom is -0.327 e. The molecule has 0 saturated heterocycles. The molecule has 96 valence electrons. The lowest BCUT2D eigenvalue weighted by Crippen LogP contribution is -2.21. The molecular weight excluding hydrogens is 244 g/mol. The molecular formula is C13H18N4S. The lowest BCUT2D eigenvalue weighted by atomic mass is 10.1. The van der Waals surface area contributed by atoms with Crippen LogP contribution >= 0.6 is 11.8 Å². The fourth-order valence-electron chi connectivity index (χ4n) is 1.62. The summed E-state index contributed by atoms with van der Waals surface area (Å²) in [6.07, 6.45) is 3.51. The second-order valence-electron chi connectivity index (χ2n) is 4.28. The molecule has 2 aromatic rings. The molecule has 1 aromatic carbocycles. The standard InChI is InChI=1S/C13H18N4S/c1-3-11(14)8-10-4-6-12(7-5-10)18-13-15-9-16-17(13)2/h4-7,9,11H,3,8,14H2,1-2H3. The summed E-state index contributed by atoms with van der Waals surface area (Å²) in [5.74, 6) is 0. The summed E-state index contributed by atoms with van der Waals surface area (Å²) in [6.45, 7) is 2.11. The number of rotatable bonds is 5. The van der Waals surface area contributed by atoms with Gasteiger partial charge in [-0.1, -0.05) is 30.8 Å². The number of aromatic nitrogens is 3. The van der Waals surface area contributed by atoms with Gasteiger partial charge in [0.2, 0.25) is 0 Å². The number of aryl methyl sites for hydroxylation is 1. The fourth-order valence-corrected chi connectivity index (χ4v) is 2.39. The van der Waals surface area contributed by atoms with Crippen LogP contribution < -0.4 is 5.73 Å². The summed E-state index contributed by atoms with van der Waals surface area (Å²) in [6, 6.07) is 8.73. The summed E-state index contributed by atoms with van der Waals surface area (Å²) in [5.41, 5.74) is 7.23. The predicted octanol–water partition coefficient (Wildman–Crippen LogP) is 2.25. The highest BCUT2D eigenvalue weighted by Crippen LogP contribution is 2.25. The first-order valence-corrected chi connectivity index (χ1v) is 6.87. The first kappa shape index (κ1) is 13.1. The molecule has 4 nitrogen and oxygen atoms in total. The minimum atomic E-state index is 0.252. The van der Waals surface area contributed by atoms with E-state index >= 15 is 0 Å². The number of benzene rings is 1. The van der Waals surface area contributed by atoms with Gasteiger partial charge in [-0.3, -0.25) is 0 Å². The Bertz CT molecular complexity index is 492. The smallest absolute Gasteiger partial charge is 0.190 e. The van der Waals surface area contributed by atoms with Crippen LogP contribution in [0.1, 0.15) is 18.9 Å². The van der Waals surface area contributed by atoms with Crippen LogP contribution in [0.5, 0.6) is 0 Å². The molecule has 0 aliphatic carbocycles. The summed E-state index contributed by atoms with van der Waals surface area (Å²) >= 11 is 1.61. The van der Waals surface area contributed by atoms with Crippen molar-refractivity contribution >= 4 is 11.8 Å².